The Morgan fingerprint density at radius 3 is 2.62 bits per heavy atom. The zero-order chi connectivity index (χ0) is 12.3. The van der Waals surface area contributed by atoms with Gasteiger partial charge in [-0.3, -0.25) is 9.69 Å². The minimum absolute atomic E-state index is 0.0382. The van der Waals surface area contributed by atoms with Gasteiger partial charge in [0.1, 0.15) is 0 Å². The number of nitrogens with zero attached hydrogens (tertiary/aromatic N) is 1. The smallest absolute Gasteiger partial charge is 0.237 e. The molecule has 1 fully saturated rings. The van der Waals surface area contributed by atoms with Gasteiger partial charge in [-0.25, -0.2) is 0 Å². The van der Waals surface area contributed by atoms with Crippen LogP contribution in [0.1, 0.15) is 34.6 Å². The largest absolute Gasteiger partial charge is 0.350 e. The zero-order valence-electron chi connectivity index (χ0n) is 11.1. The molecule has 0 bridgehead atoms. The summed E-state index contributed by atoms with van der Waals surface area (Å²) >= 11 is 0. The molecule has 1 unspecified atom stereocenters. The van der Waals surface area contributed by atoms with Crippen LogP contribution in [0.5, 0.6) is 0 Å². The topological polar surface area (TPSA) is 44.4 Å². The van der Waals surface area contributed by atoms with Crippen LogP contribution in [0.2, 0.25) is 0 Å². The second-order valence-electron chi connectivity index (χ2n) is 5.77. The number of carbonyl (C=O) groups excluding carboxylic acids is 1. The summed E-state index contributed by atoms with van der Waals surface area (Å²) in [6, 6.07) is 0.433. The highest BCUT2D eigenvalue weighted by atomic mass is 16.2. The molecule has 94 valence electrons. The van der Waals surface area contributed by atoms with Gasteiger partial charge in [-0.2, -0.15) is 0 Å². The van der Waals surface area contributed by atoms with E-state index < -0.39 is 0 Å². The third-order valence-electron chi connectivity index (χ3n) is 2.83. The third-order valence-corrected chi connectivity index (χ3v) is 2.83. The van der Waals surface area contributed by atoms with Crippen molar-refractivity contribution in [1.82, 2.24) is 15.5 Å². The number of amides is 1. The van der Waals surface area contributed by atoms with Crippen LogP contribution in [0.3, 0.4) is 0 Å². The van der Waals surface area contributed by atoms with Gasteiger partial charge in [0, 0.05) is 31.2 Å². The normalized spacial score (nSPS) is 25.2. The lowest BCUT2D eigenvalue weighted by Gasteiger charge is -2.36. The van der Waals surface area contributed by atoms with Gasteiger partial charge in [-0.15, -0.1) is 0 Å². The average molecular weight is 227 g/mol. The van der Waals surface area contributed by atoms with E-state index in [1.807, 2.05) is 27.7 Å². The average Bonchev–Trinajstić information content (AvgIpc) is 2.14. The molecule has 2 atom stereocenters. The summed E-state index contributed by atoms with van der Waals surface area (Å²) in [7, 11) is 0. The van der Waals surface area contributed by atoms with Crippen molar-refractivity contribution in [1.29, 1.82) is 0 Å². The molecule has 1 saturated heterocycles. The Morgan fingerprint density at radius 2 is 2.12 bits per heavy atom. The Labute approximate surface area is 98.8 Å². The lowest BCUT2D eigenvalue weighted by atomic mass is 10.1. The van der Waals surface area contributed by atoms with E-state index in [9.17, 15) is 4.79 Å². The minimum Gasteiger partial charge on any atom is -0.350 e. The first-order valence-corrected chi connectivity index (χ1v) is 6.09. The van der Waals surface area contributed by atoms with Crippen molar-refractivity contribution in [3.63, 3.8) is 0 Å². The van der Waals surface area contributed by atoms with E-state index in [0.29, 0.717) is 6.04 Å². The lowest BCUT2D eigenvalue weighted by Crippen LogP contribution is -2.57. The second-order valence-corrected chi connectivity index (χ2v) is 5.77. The quantitative estimate of drug-likeness (QED) is 0.725. The van der Waals surface area contributed by atoms with Crippen molar-refractivity contribution < 1.29 is 4.79 Å². The fourth-order valence-electron chi connectivity index (χ4n) is 1.95. The molecule has 0 aromatic carbocycles. The summed E-state index contributed by atoms with van der Waals surface area (Å²) in [5, 5.41) is 6.41. The molecule has 1 heterocycles. The van der Waals surface area contributed by atoms with Crippen molar-refractivity contribution in [3.8, 4) is 0 Å². The standard InChI is InChI=1S/C12H25N3O/c1-9-8-15(7-6-13-9)10(2)11(16)14-12(3,4)5/h9-10,13H,6-8H2,1-5H3,(H,14,16)/t9-,10?/m0/s1. The predicted molar refractivity (Wildman–Crippen MR) is 66.4 cm³/mol. The Kier molecular flexibility index (Phi) is 4.33. The first-order chi connectivity index (χ1) is 7.29. The minimum atomic E-state index is -0.148. The van der Waals surface area contributed by atoms with Crippen LogP contribution in [0, 0.1) is 0 Å². The summed E-state index contributed by atoms with van der Waals surface area (Å²) in [4.78, 5) is 14.2. The van der Waals surface area contributed by atoms with E-state index in [0.717, 1.165) is 19.6 Å². The maximum atomic E-state index is 12.0. The van der Waals surface area contributed by atoms with Crippen LogP contribution in [-0.4, -0.2) is 48.1 Å². The van der Waals surface area contributed by atoms with Gasteiger partial charge in [0.2, 0.25) is 5.91 Å². The molecule has 0 radical (unpaired) electrons. The Balaban J connectivity index is 2.49. The van der Waals surface area contributed by atoms with Crippen molar-refractivity contribution in [2.75, 3.05) is 19.6 Å². The van der Waals surface area contributed by atoms with Crippen molar-refractivity contribution >= 4 is 5.91 Å². The van der Waals surface area contributed by atoms with Crippen LogP contribution in [0.4, 0.5) is 0 Å². The van der Waals surface area contributed by atoms with Gasteiger partial charge in [0.25, 0.3) is 0 Å². The van der Waals surface area contributed by atoms with Gasteiger partial charge in [-0.1, -0.05) is 0 Å². The Hall–Kier alpha value is -0.610. The first kappa shape index (κ1) is 13.5. The molecular weight excluding hydrogens is 202 g/mol. The highest BCUT2D eigenvalue weighted by molar-refractivity contribution is 5.81. The monoisotopic (exact) mass is 227 g/mol. The van der Waals surface area contributed by atoms with Gasteiger partial charge in [0.15, 0.2) is 0 Å². The van der Waals surface area contributed by atoms with E-state index in [1.54, 1.807) is 0 Å². The zero-order valence-corrected chi connectivity index (χ0v) is 11.1. The number of hydrogen-bond donors (Lipinski definition) is 2. The molecular formula is C12H25N3O. The van der Waals surface area contributed by atoms with Crippen molar-refractivity contribution in [2.45, 2.75) is 52.2 Å². The van der Waals surface area contributed by atoms with Gasteiger partial charge in [-0.05, 0) is 34.6 Å². The maximum Gasteiger partial charge on any atom is 0.237 e. The summed E-state index contributed by atoms with van der Waals surface area (Å²) in [6.45, 7) is 13.0. The van der Waals surface area contributed by atoms with E-state index in [-0.39, 0.29) is 17.5 Å². The molecule has 16 heavy (non-hydrogen) atoms. The number of rotatable bonds is 2. The van der Waals surface area contributed by atoms with Crippen LogP contribution in [-0.2, 0) is 4.79 Å². The molecule has 0 saturated carbocycles. The Morgan fingerprint density at radius 1 is 1.50 bits per heavy atom. The summed E-state index contributed by atoms with van der Waals surface area (Å²) in [5.41, 5.74) is -0.148. The lowest BCUT2D eigenvalue weighted by molar-refractivity contribution is -0.127. The fourth-order valence-corrected chi connectivity index (χ4v) is 1.95. The molecule has 0 aromatic heterocycles. The summed E-state index contributed by atoms with van der Waals surface area (Å²) < 4.78 is 0. The van der Waals surface area contributed by atoms with E-state index in [1.165, 1.54) is 0 Å². The van der Waals surface area contributed by atoms with Crippen LogP contribution >= 0.6 is 0 Å². The van der Waals surface area contributed by atoms with Crippen LogP contribution < -0.4 is 10.6 Å². The fraction of sp³-hybridized carbons (Fsp3) is 0.917. The summed E-state index contributed by atoms with van der Waals surface area (Å²) in [6.07, 6.45) is 0. The third kappa shape index (κ3) is 4.10. The number of hydrogen-bond acceptors (Lipinski definition) is 3. The number of carbonyl (C=O) groups is 1. The van der Waals surface area contributed by atoms with Crippen LogP contribution in [0.25, 0.3) is 0 Å². The molecule has 4 heteroatoms. The molecule has 1 rings (SSSR count). The van der Waals surface area contributed by atoms with Crippen molar-refractivity contribution in [2.24, 2.45) is 0 Å². The van der Waals surface area contributed by atoms with E-state index in [4.69, 9.17) is 0 Å². The second kappa shape index (κ2) is 5.15. The molecule has 0 aliphatic carbocycles. The van der Waals surface area contributed by atoms with Crippen molar-refractivity contribution in [3.05, 3.63) is 0 Å². The first-order valence-electron chi connectivity index (χ1n) is 6.09. The van der Waals surface area contributed by atoms with Gasteiger partial charge < -0.3 is 10.6 Å². The molecule has 0 aromatic rings. The Bertz CT molecular complexity index is 247. The predicted octanol–water partition coefficient (Wildman–Crippen LogP) is 0.583. The van der Waals surface area contributed by atoms with E-state index in [2.05, 4.69) is 22.5 Å². The highest BCUT2D eigenvalue weighted by Gasteiger charge is 2.27. The summed E-state index contributed by atoms with van der Waals surface area (Å²) in [5.74, 6) is 0.126. The molecule has 1 aliphatic heterocycles. The molecule has 2 N–H and O–H groups in total. The van der Waals surface area contributed by atoms with Gasteiger partial charge >= 0.3 is 0 Å². The van der Waals surface area contributed by atoms with Crippen LogP contribution in [0.15, 0.2) is 0 Å². The van der Waals surface area contributed by atoms with Gasteiger partial charge in [0.05, 0.1) is 6.04 Å². The molecule has 0 spiro atoms. The SMILES string of the molecule is CC(C(=O)NC(C)(C)C)N1CCN[C@@H](C)C1. The molecule has 1 amide bonds. The molecule has 1 aliphatic rings. The highest BCUT2D eigenvalue weighted by Crippen LogP contribution is 2.07. The maximum absolute atomic E-state index is 12.0. The number of nitrogens with one attached hydrogen (secondary N) is 2. The number of piperazine rings is 1. The van der Waals surface area contributed by atoms with E-state index >= 15 is 0 Å². The molecule has 4 nitrogen and oxygen atoms in total.